The average molecular weight is 1140 g/mol. The minimum atomic E-state index is -5.01. The molecule has 0 saturated carbocycles. The van der Waals surface area contributed by atoms with Gasteiger partial charge in [0.2, 0.25) is 35.7 Å². The molecule has 76 heavy (non-hydrogen) atoms. The van der Waals surface area contributed by atoms with Crippen molar-refractivity contribution in [1.29, 1.82) is 0 Å². The fourth-order valence-corrected chi connectivity index (χ4v) is 8.38. The van der Waals surface area contributed by atoms with Crippen LogP contribution in [0.4, 0.5) is 52.8 Å². The molecule has 412 valence electrons. The van der Waals surface area contributed by atoms with Crippen molar-refractivity contribution in [1.82, 2.24) is 35.2 Å². The second-order valence-electron chi connectivity index (χ2n) is 15.2. The second kappa shape index (κ2) is 31.7. The van der Waals surface area contributed by atoms with E-state index in [-0.39, 0.29) is 190 Å². The van der Waals surface area contributed by atoms with Crippen LogP contribution in [-0.4, -0.2) is 215 Å². The van der Waals surface area contributed by atoms with Gasteiger partial charge in [-0.05, 0) is 59.7 Å². The summed E-state index contributed by atoms with van der Waals surface area (Å²) in [6, 6.07) is 12.1. The number of hydrogen-bond donors (Lipinski definition) is 15. The molecular formula is C42H59N13NaO17S3+. The van der Waals surface area contributed by atoms with Crippen LogP contribution in [0.25, 0.3) is 12.2 Å². The molecule has 0 spiro atoms. The van der Waals surface area contributed by atoms with Crippen molar-refractivity contribution in [3.05, 3.63) is 71.8 Å². The van der Waals surface area contributed by atoms with E-state index in [0.29, 0.717) is 13.1 Å². The van der Waals surface area contributed by atoms with E-state index in [1.54, 1.807) is 0 Å². The first-order valence-corrected chi connectivity index (χ1v) is 26.7. The molecule has 0 fully saturated rings. The Balaban J connectivity index is 0.00000177. The normalized spacial score (nSPS) is 11.6. The molecule has 0 saturated heterocycles. The number of nitrogens with one attached hydrogen (secondary N) is 4. The number of anilines is 9. The van der Waals surface area contributed by atoms with Crippen LogP contribution in [0, 0.1) is 0 Å². The van der Waals surface area contributed by atoms with E-state index >= 15 is 0 Å². The average Bonchev–Trinajstić information content (AvgIpc) is 3.35. The standard InChI is InChI=1S/C38H48N12O15S3.C4H11NO2.Na/c51-17-11-48(12-18-52)36-43-33(39-27-7-9-30(10-8-27)66(57,58)59)42-34(44-36)40-28-5-3-25(31(23-28)67(60,61)62)1-2-26-4-6-29(24-32(26)68(63,64)65)41-35-45-37(49(13-19-53)14-20-54)47-38(46-35)50(15-21-55)16-22-56;6-3-1-5-2-4-7;/h1-10,23-24,51-56H,11-22H2,(H,57,58,59)(H,60,61,62)(H,63,64,65)(H,41,45,46,47)(H2,39,40,42,43,44);5-7H,1-4H2;/q;;+1/b2-1+;;. The fourth-order valence-electron chi connectivity index (χ4n) is 6.48. The van der Waals surface area contributed by atoms with E-state index in [9.17, 15) is 69.6 Å². The van der Waals surface area contributed by atoms with Crippen LogP contribution in [0.15, 0.2) is 75.4 Å². The molecule has 2 heterocycles. The van der Waals surface area contributed by atoms with E-state index < -0.39 is 40.1 Å². The first kappa shape index (κ1) is 64.9. The Morgan fingerprint density at radius 1 is 0.408 bits per heavy atom. The smallest absolute Gasteiger partial charge is 0.395 e. The summed E-state index contributed by atoms with van der Waals surface area (Å²) in [6.45, 7) is -0.782. The van der Waals surface area contributed by atoms with Gasteiger partial charge in [-0.1, -0.05) is 24.3 Å². The number of aliphatic hydroxyl groups excluding tert-OH is 8. The van der Waals surface area contributed by atoms with Crippen molar-refractivity contribution >= 4 is 95.3 Å². The maximum atomic E-state index is 12.7. The maximum Gasteiger partial charge on any atom is 1.00 e. The molecule has 0 amide bonds. The molecule has 0 radical (unpaired) electrons. The number of benzene rings is 3. The van der Waals surface area contributed by atoms with Crippen LogP contribution in [-0.2, 0) is 30.4 Å². The second-order valence-corrected chi connectivity index (χ2v) is 19.4. The monoisotopic (exact) mass is 1140 g/mol. The fraction of sp³-hybridized carbons (Fsp3) is 0.381. The van der Waals surface area contributed by atoms with Gasteiger partial charge in [0.1, 0.15) is 9.79 Å². The van der Waals surface area contributed by atoms with Gasteiger partial charge in [0.25, 0.3) is 30.4 Å². The Morgan fingerprint density at radius 3 is 1.04 bits per heavy atom. The molecule has 15 N–H and O–H groups in total. The minimum absolute atomic E-state index is 0. The number of aromatic nitrogens is 6. The molecule has 0 atom stereocenters. The molecule has 0 unspecified atom stereocenters. The Labute approximate surface area is 459 Å². The Hall–Kier alpha value is -5.41. The number of nitrogens with zero attached hydrogens (tertiary/aromatic N) is 9. The van der Waals surface area contributed by atoms with E-state index in [4.69, 9.17) is 10.2 Å². The van der Waals surface area contributed by atoms with Crippen LogP contribution in [0.2, 0.25) is 0 Å². The number of aliphatic hydroxyl groups is 8. The molecular weight excluding hydrogens is 1080 g/mol. The predicted molar refractivity (Wildman–Crippen MR) is 273 cm³/mol. The zero-order valence-corrected chi connectivity index (χ0v) is 45.3. The Bertz CT molecular complexity index is 2940. The van der Waals surface area contributed by atoms with Gasteiger partial charge in [0.05, 0.1) is 57.8 Å². The summed E-state index contributed by atoms with van der Waals surface area (Å²) < 4.78 is 104. The van der Waals surface area contributed by atoms with Gasteiger partial charge in [-0.3, -0.25) is 13.7 Å². The van der Waals surface area contributed by atoms with Gasteiger partial charge in [0.15, 0.2) is 0 Å². The van der Waals surface area contributed by atoms with Crippen LogP contribution in [0.3, 0.4) is 0 Å². The van der Waals surface area contributed by atoms with E-state index in [1.807, 2.05) is 0 Å². The molecule has 0 aliphatic rings. The van der Waals surface area contributed by atoms with Crippen LogP contribution in [0.5, 0.6) is 0 Å². The summed E-state index contributed by atoms with van der Waals surface area (Å²) in [7, 11) is -14.5. The molecule has 3 aromatic carbocycles. The molecule has 2 aromatic heterocycles. The van der Waals surface area contributed by atoms with Crippen molar-refractivity contribution in [2.24, 2.45) is 0 Å². The molecule has 0 aliphatic carbocycles. The summed E-state index contributed by atoms with van der Waals surface area (Å²) in [6.07, 6.45) is 2.31. The quantitative estimate of drug-likeness (QED) is 0.00887. The summed E-state index contributed by atoms with van der Waals surface area (Å²) in [5.74, 6) is -0.659. The summed E-state index contributed by atoms with van der Waals surface area (Å²) in [4.78, 5) is 28.5. The van der Waals surface area contributed by atoms with Crippen LogP contribution in [0.1, 0.15) is 11.1 Å². The Kier molecular flexibility index (Phi) is 27.1. The van der Waals surface area contributed by atoms with Crippen molar-refractivity contribution in [2.75, 3.05) is 136 Å². The van der Waals surface area contributed by atoms with Crippen molar-refractivity contribution < 1.29 is 109 Å². The van der Waals surface area contributed by atoms with Gasteiger partial charge in [0, 0.05) is 69.4 Å². The van der Waals surface area contributed by atoms with Crippen molar-refractivity contribution in [3.8, 4) is 0 Å². The molecule has 30 nitrogen and oxygen atoms in total. The molecule has 34 heteroatoms. The molecule has 0 aliphatic heterocycles. The third-order valence-electron chi connectivity index (χ3n) is 9.83. The van der Waals surface area contributed by atoms with Gasteiger partial charge in [-0.25, -0.2) is 0 Å². The topological polar surface area (TPSA) is 460 Å². The van der Waals surface area contributed by atoms with E-state index in [0.717, 1.165) is 36.4 Å². The van der Waals surface area contributed by atoms with Gasteiger partial charge >= 0.3 is 29.6 Å². The summed E-state index contributed by atoms with van der Waals surface area (Å²) in [5.41, 5.74) is -0.0200. The van der Waals surface area contributed by atoms with Gasteiger partial charge in [-0.15, -0.1) is 0 Å². The van der Waals surface area contributed by atoms with E-state index in [2.05, 4.69) is 51.2 Å². The van der Waals surface area contributed by atoms with Crippen LogP contribution < -0.4 is 65.5 Å². The molecule has 5 rings (SSSR count). The van der Waals surface area contributed by atoms with Crippen molar-refractivity contribution in [3.63, 3.8) is 0 Å². The SMILES string of the molecule is O=S(=O)(O)c1ccc(Nc2nc(Nc3ccc(/C=C/c4ccc(Nc5nc(N(CCO)CCO)nc(N(CCO)CCO)n5)cc4S(=O)(=O)O)c(S(=O)(=O)O)c3)nc(N(CCO)CCO)n2)cc1.OCCNCCO.[Na+]. The summed E-state index contributed by atoms with van der Waals surface area (Å²) >= 11 is 0. The minimum Gasteiger partial charge on any atom is -0.395 e. The van der Waals surface area contributed by atoms with Crippen molar-refractivity contribution in [2.45, 2.75) is 14.7 Å². The van der Waals surface area contributed by atoms with E-state index in [1.165, 1.54) is 51.1 Å². The number of rotatable bonds is 30. The first-order valence-electron chi connectivity index (χ1n) is 22.4. The molecule has 5 aromatic rings. The zero-order valence-electron chi connectivity index (χ0n) is 40.9. The Morgan fingerprint density at radius 2 is 0.724 bits per heavy atom. The summed E-state index contributed by atoms with van der Waals surface area (Å²) in [5, 5.41) is 85.3. The number of hydrogen-bond acceptors (Lipinski definition) is 27. The van der Waals surface area contributed by atoms with Crippen LogP contribution >= 0.6 is 0 Å². The third-order valence-corrected chi connectivity index (χ3v) is 12.5. The zero-order chi connectivity index (χ0) is 55.2. The first-order chi connectivity index (χ1) is 35.7. The van der Waals surface area contributed by atoms with Gasteiger partial charge < -0.3 is 76.8 Å². The van der Waals surface area contributed by atoms with Gasteiger partial charge in [-0.2, -0.15) is 55.2 Å². The predicted octanol–water partition coefficient (Wildman–Crippen LogP) is -4.86. The molecule has 0 bridgehead atoms. The third kappa shape index (κ3) is 20.5. The largest absolute Gasteiger partial charge is 1.00 e. The maximum absolute atomic E-state index is 12.7.